The van der Waals surface area contributed by atoms with Crippen LogP contribution in [0.2, 0.25) is 0 Å². The highest BCUT2D eigenvalue weighted by Gasteiger charge is 2.30. The molecule has 0 aliphatic carbocycles. The average molecular weight is 331 g/mol. The molecule has 3 aromatic rings. The van der Waals surface area contributed by atoms with Gasteiger partial charge in [0.1, 0.15) is 0 Å². The van der Waals surface area contributed by atoms with Gasteiger partial charge < -0.3 is 14.8 Å². The van der Waals surface area contributed by atoms with Crippen LogP contribution >= 0.6 is 0 Å². The van der Waals surface area contributed by atoms with Crippen LogP contribution in [0.4, 0.5) is 10.5 Å². The normalized spacial score (nSPS) is 15.9. The summed E-state index contributed by atoms with van der Waals surface area (Å²) in [6.07, 6.45) is 2.94. The molecule has 1 aliphatic rings. The lowest BCUT2D eigenvalue weighted by molar-refractivity contribution is 0.181. The van der Waals surface area contributed by atoms with Crippen LogP contribution in [-0.4, -0.2) is 15.5 Å². The Hall–Kier alpha value is -3.01. The van der Waals surface area contributed by atoms with Crippen LogP contribution in [0.3, 0.4) is 0 Å². The number of amides is 2. The van der Waals surface area contributed by atoms with Crippen LogP contribution in [0, 0.1) is 0 Å². The Labute approximate surface area is 147 Å². The fourth-order valence-corrected chi connectivity index (χ4v) is 3.58. The highest BCUT2D eigenvalue weighted by molar-refractivity contribution is 5.89. The Morgan fingerprint density at radius 2 is 1.80 bits per heavy atom. The molecule has 2 aromatic carbocycles. The summed E-state index contributed by atoms with van der Waals surface area (Å²) in [6.45, 7) is 2.72. The van der Waals surface area contributed by atoms with Crippen molar-refractivity contribution in [1.82, 2.24) is 9.47 Å². The predicted octanol–water partition coefficient (Wildman–Crippen LogP) is 4.98. The Bertz CT molecular complexity index is 885. The molecule has 0 spiro atoms. The monoisotopic (exact) mass is 331 g/mol. The fourth-order valence-electron chi connectivity index (χ4n) is 3.58. The number of hydrogen-bond donors (Lipinski definition) is 1. The molecule has 1 aromatic heterocycles. The van der Waals surface area contributed by atoms with Crippen molar-refractivity contribution in [3.63, 3.8) is 0 Å². The number of aromatic nitrogens is 1. The number of anilines is 1. The van der Waals surface area contributed by atoms with Gasteiger partial charge in [0.25, 0.3) is 0 Å². The van der Waals surface area contributed by atoms with Crippen molar-refractivity contribution in [1.29, 1.82) is 0 Å². The van der Waals surface area contributed by atoms with Gasteiger partial charge in [0.15, 0.2) is 0 Å². The van der Waals surface area contributed by atoms with Crippen molar-refractivity contribution in [2.24, 2.45) is 0 Å². The van der Waals surface area contributed by atoms with Gasteiger partial charge >= 0.3 is 6.03 Å². The molecule has 0 saturated heterocycles. The maximum absolute atomic E-state index is 13.0. The number of carbonyl (C=O) groups is 1. The quantitative estimate of drug-likeness (QED) is 0.707. The predicted molar refractivity (Wildman–Crippen MR) is 99.8 cm³/mol. The van der Waals surface area contributed by atoms with E-state index >= 15 is 0 Å². The summed E-state index contributed by atoms with van der Waals surface area (Å²) in [5.74, 6) is 0. The minimum atomic E-state index is -0.0671. The van der Waals surface area contributed by atoms with E-state index in [2.05, 4.69) is 41.2 Å². The first-order valence-electron chi connectivity index (χ1n) is 8.66. The third-order valence-electron chi connectivity index (χ3n) is 4.76. The third kappa shape index (κ3) is 2.80. The number of rotatable bonds is 2. The van der Waals surface area contributed by atoms with Crippen molar-refractivity contribution in [2.75, 3.05) is 5.32 Å². The highest BCUT2D eigenvalue weighted by atomic mass is 16.2. The molecule has 0 fully saturated rings. The average Bonchev–Trinajstić information content (AvgIpc) is 3.07. The lowest BCUT2D eigenvalue weighted by Crippen LogP contribution is -2.37. The van der Waals surface area contributed by atoms with Crippen LogP contribution in [0.15, 0.2) is 72.9 Å². The smallest absolute Gasteiger partial charge is 0.318 e. The summed E-state index contributed by atoms with van der Waals surface area (Å²) >= 11 is 0. The maximum Gasteiger partial charge on any atom is 0.322 e. The summed E-state index contributed by atoms with van der Waals surface area (Å²) in [5.41, 5.74) is 4.26. The van der Waals surface area contributed by atoms with Crippen molar-refractivity contribution in [3.8, 4) is 5.69 Å². The van der Waals surface area contributed by atoms with E-state index in [0.717, 1.165) is 29.1 Å². The molecular formula is C21H21N3O. The van der Waals surface area contributed by atoms with E-state index in [-0.39, 0.29) is 12.1 Å². The number of hydrogen-bond acceptors (Lipinski definition) is 1. The number of fused-ring (bicyclic) bond motifs is 3. The number of nitrogens with zero attached hydrogens (tertiary/aromatic N) is 2. The van der Waals surface area contributed by atoms with Gasteiger partial charge in [-0.25, -0.2) is 4.79 Å². The molecule has 4 nitrogen and oxygen atoms in total. The summed E-state index contributed by atoms with van der Waals surface area (Å²) in [7, 11) is 0. The molecular weight excluding hydrogens is 310 g/mol. The van der Waals surface area contributed by atoms with E-state index in [1.165, 1.54) is 0 Å². The number of carbonyl (C=O) groups excluding carboxylic acids is 1. The number of para-hydroxylation sites is 2. The lowest BCUT2D eigenvalue weighted by Gasteiger charge is -2.29. The van der Waals surface area contributed by atoms with Crippen LogP contribution < -0.4 is 5.32 Å². The Morgan fingerprint density at radius 1 is 1.04 bits per heavy atom. The van der Waals surface area contributed by atoms with Gasteiger partial charge in [-0.05, 0) is 42.3 Å². The van der Waals surface area contributed by atoms with E-state index in [9.17, 15) is 4.79 Å². The minimum Gasteiger partial charge on any atom is -0.318 e. The fraction of sp³-hybridized carbons (Fsp3) is 0.190. The topological polar surface area (TPSA) is 37.3 Å². The van der Waals surface area contributed by atoms with Gasteiger partial charge in [0, 0.05) is 17.6 Å². The first kappa shape index (κ1) is 15.5. The number of benzene rings is 2. The van der Waals surface area contributed by atoms with Gasteiger partial charge in [-0.1, -0.05) is 43.3 Å². The second-order valence-corrected chi connectivity index (χ2v) is 6.28. The minimum absolute atomic E-state index is 0.0334. The van der Waals surface area contributed by atoms with Crippen LogP contribution in [0.5, 0.6) is 0 Å². The molecule has 0 radical (unpaired) electrons. The van der Waals surface area contributed by atoms with Crippen molar-refractivity contribution >= 4 is 11.7 Å². The Balaban J connectivity index is 1.74. The zero-order valence-electron chi connectivity index (χ0n) is 14.2. The summed E-state index contributed by atoms with van der Waals surface area (Å²) in [6, 6.07) is 22.0. The van der Waals surface area contributed by atoms with E-state index in [1.807, 2.05) is 53.4 Å². The molecule has 1 atom stereocenters. The van der Waals surface area contributed by atoms with Crippen LogP contribution in [0.1, 0.15) is 30.6 Å². The molecule has 1 N–H and O–H groups in total. The van der Waals surface area contributed by atoms with Crippen molar-refractivity contribution in [3.05, 3.63) is 84.2 Å². The largest absolute Gasteiger partial charge is 0.322 e. The summed E-state index contributed by atoms with van der Waals surface area (Å²) in [5, 5.41) is 3.04. The Kier molecular flexibility index (Phi) is 4.02. The third-order valence-corrected chi connectivity index (χ3v) is 4.76. The Morgan fingerprint density at radius 3 is 2.60 bits per heavy atom. The van der Waals surface area contributed by atoms with E-state index in [4.69, 9.17) is 0 Å². The molecule has 2 heterocycles. The van der Waals surface area contributed by atoms with Gasteiger partial charge in [0.2, 0.25) is 0 Å². The molecule has 1 aliphatic heterocycles. The SMILES string of the molecule is CCC1c2cccn2-c2ccccc2CN1C(=O)Nc1ccccc1. The summed E-state index contributed by atoms with van der Waals surface area (Å²) in [4.78, 5) is 15.0. The van der Waals surface area contributed by atoms with Crippen LogP contribution in [-0.2, 0) is 6.54 Å². The first-order chi connectivity index (χ1) is 12.3. The van der Waals surface area contributed by atoms with Crippen LogP contribution in [0.25, 0.3) is 5.69 Å². The van der Waals surface area contributed by atoms with Crippen molar-refractivity contribution in [2.45, 2.75) is 25.9 Å². The molecule has 0 bridgehead atoms. The number of nitrogens with one attached hydrogen (secondary N) is 1. The molecule has 2 amide bonds. The van der Waals surface area contributed by atoms with E-state index in [1.54, 1.807) is 0 Å². The molecule has 4 heteroatoms. The first-order valence-corrected chi connectivity index (χ1v) is 8.66. The van der Waals surface area contributed by atoms with Crippen molar-refractivity contribution < 1.29 is 4.79 Å². The van der Waals surface area contributed by atoms with Gasteiger partial charge in [0.05, 0.1) is 18.3 Å². The van der Waals surface area contributed by atoms with Gasteiger partial charge in [-0.15, -0.1) is 0 Å². The molecule has 0 saturated carbocycles. The molecule has 126 valence electrons. The maximum atomic E-state index is 13.0. The second kappa shape index (κ2) is 6.48. The highest BCUT2D eigenvalue weighted by Crippen LogP contribution is 2.34. The second-order valence-electron chi connectivity index (χ2n) is 6.28. The molecule has 4 rings (SSSR count). The number of urea groups is 1. The molecule has 1 unspecified atom stereocenters. The van der Waals surface area contributed by atoms with Gasteiger partial charge in [-0.3, -0.25) is 0 Å². The van der Waals surface area contributed by atoms with E-state index < -0.39 is 0 Å². The summed E-state index contributed by atoms with van der Waals surface area (Å²) < 4.78 is 2.21. The van der Waals surface area contributed by atoms with Gasteiger partial charge in [-0.2, -0.15) is 0 Å². The van der Waals surface area contributed by atoms with E-state index in [0.29, 0.717) is 6.54 Å². The lowest BCUT2D eigenvalue weighted by atomic mass is 10.1. The zero-order chi connectivity index (χ0) is 17.2. The molecule has 25 heavy (non-hydrogen) atoms. The zero-order valence-corrected chi connectivity index (χ0v) is 14.2. The standard InChI is InChI=1S/C21H21N3O/c1-2-18-20-13-8-14-23(20)19-12-7-6-9-16(19)15-24(18)21(25)22-17-10-4-3-5-11-17/h3-14,18H,2,15H2,1H3,(H,22,25).